The molecule has 0 radical (unpaired) electrons. The number of carbonyl (C=O) groups is 2. The first-order valence-electron chi connectivity index (χ1n) is 9.27. The lowest BCUT2D eigenvalue weighted by Crippen LogP contribution is -2.19. The largest absolute Gasteiger partial charge is 0.494 e. The quantitative estimate of drug-likeness (QED) is 0.378. The van der Waals surface area contributed by atoms with Crippen LogP contribution in [0.15, 0.2) is 46.0 Å². The van der Waals surface area contributed by atoms with Gasteiger partial charge in [-0.15, -0.1) is 0 Å². The fourth-order valence-corrected chi connectivity index (χ4v) is 3.05. The molecule has 160 valence electrons. The minimum Gasteiger partial charge on any atom is -0.494 e. The van der Waals surface area contributed by atoms with Crippen molar-refractivity contribution in [3.05, 3.63) is 52.0 Å². The fourth-order valence-electron chi connectivity index (χ4n) is 2.47. The molecule has 0 aromatic heterocycles. The lowest BCUT2D eigenvalue weighted by molar-refractivity contribution is -0.139. The van der Waals surface area contributed by atoms with Crippen LogP contribution in [0.5, 0.6) is 17.2 Å². The van der Waals surface area contributed by atoms with E-state index in [0.717, 1.165) is 11.3 Å². The molecule has 0 heterocycles. The zero-order valence-corrected chi connectivity index (χ0v) is 18.3. The monoisotopic (exact) mass is 478 g/mol. The first-order valence-corrected chi connectivity index (χ1v) is 10.1. The number of ether oxygens (including phenoxy) is 3. The van der Waals surface area contributed by atoms with Crippen molar-refractivity contribution in [3.63, 3.8) is 0 Å². The van der Waals surface area contributed by atoms with Crippen molar-refractivity contribution in [2.45, 2.75) is 20.3 Å². The van der Waals surface area contributed by atoms with Crippen molar-refractivity contribution in [2.75, 3.05) is 19.8 Å². The highest BCUT2D eigenvalue weighted by molar-refractivity contribution is 9.10. The van der Waals surface area contributed by atoms with Gasteiger partial charge in [0, 0.05) is 0 Å². The third kappa shape index (κ3) is 7.40. The van der Waals surface area contributed by atoms with Crippen molar-refractivity contribution in [3.8, 4) is 17.2 Å². The Kier molecular flexibility index (Phi) is 9.14. The Labute approximate surface area is 183 Å². The van der Waals surface area contributed by atoms with E-state index in [1.54, 1.807) is 19.1 Å². The third-order valence-corrected chi connectivity index (χ3v) is 4.26. The number of aliphatic carboxylic acids is 1. The molecule has 0 unspecified atom stereocenters. The summed E-state index contributed by atoms with van der Waals surface area (Å²) in [6, 6.07) is 10.6. The van der Waals surface area contributed by atoms with Gasteiger partial charge in [-0.3, -0.25) is 4.79 Å². The zero-order chi connectivity index (χ0) is 21.9. The lowest BCUT2D eigenvalue weighted by Gasteiger charge is -2.13. The van der Waals surface area contributed by atoms with Gasteiger partial charge in [-0.2, -0.15) is 5.10 Å². The van der Waals surface area contributed by atoms with Gasteiger partial charge in [0.2, 0.25) is 5.91 Å². The highest BCUT2D eigenvalue weighted by Gasteiger charge is 2.13. The summed E-state index contributed by atoms with van der Waals surface area (Å²) in [5.74, 6) is 0.0588. The first kappa shape index (κ1) is 23.2. The highest BCUT2D eigenvalue weighted by atomic mass is 79.9. The van der Waals surface area contributed by atoms with Gasteiger partial charge in [0.1, 0.15) is 5.75 Å². The highest BCUT2D eigenvalue weighted by Crippen LogP contribution is 2.36. The third-order valence-electron chi connectivity index (χ3n) is 3.67. The molecule has 0 fully saturated rings. The van der Waals surface area contributed by atoms with Crippen LogP contribution >= 0.6 is 15.9 Å². The maximum absolute atomic E-state index is 12.1. The summed E-state index contributed by atoms with van der Waals surface area (Å²) >= 11 is 3.34. The van der Waals surface area contributed by atoms with Crippen LogP contribution in [-0.4, -0.2) is 43.0 Å². The lowest BCUT2D eigenvalue weighted by atomic mass is 10.1. The Hall–Kier alpha value is -3.07. The van der Waals surface area contributed by atoms with Crippen LogP contribution in [0.4, 0.5) is 0 Å². The maximum atomic E-state index is 12.1. The van der Waals surface area contributed by atoms with Gasteiger partial charge in [0.05, 0.1) is 30.3 Å². The van der Waals surface area contributed by atoms with Gasteiger partial charge in [-0.05, 0) is 65.2 Å². The Bertz CT molecular complexity index is 899. The number of hydrazone groups is 1. The maximum Gasteiger partial charge on any atom is 0.341 e. The van der Waals surface area contributed by atoms with E-state index in [4.69, 9.17) is 19.3 Å². The standard InChI is InChI=1S/C21H23BrN2O6/c1-3-28-16-7-5-14(6-8-16)11-19(25)24-23-12-15-9-17(22)21(30-13-20(26)27)18(10-15)29-4-2/h5-10,12H,3-4,11,13H2,1-2H3,(H,24,25)(H,26,27)/b23-12-. The van der Waals surface area contributed by atoms with Crippen molar-refractivity contribution < 1.29 is 28.9 Å². The van der Waals surface area contributed by atoms with Crippen molar-refractivity contribution >= 4 is 34.0 Å². The molecule has 0 aliphatic carbocycles. The predicted molar refractivity (Wildman–Crippen MR) is 115 cm³/mol. The average molecular weight is 479 g/mol. The van der Waals surface area contributed by atoms with Gasteiger partial charge in [0.25, 0.3) is 0 Å². The molecule has 30 heavy (non-hydrogen) atoms. The van der Waals surface area contributed by atoms with Crippen LogP contribution in [0.1, 0.15) is 25.0 Å². The van der Waals surface area contributed by atoms with Crippen LogP contribution < -0.4 is 19.6 Å². The number of hydrogen-bond donors (Lipinski definition) is 2. The predicted octanol–water partition coefficient (Wildman–Crippen LogP) is 3.40. The van der Waals surface area contributed by atoms with Gasteiger partial charge in [-0.1, -0.05) is 12.1 Å². The Balaban J connectivity index is 2.00. The number of nitrogens with zero attached hydrogens (tertiary/aromatic N) is 1. The molecule has 0 saturated heterocycles. The normalized spacial score (nSPS) is 10.6. The van der Waals surface area contributed by atoms with Crippen molar-refractivity contribution in [1.82, 2.24) is 5.43 Å². The number of halogens is 1. The first-order chi connectivity index (χ1) is 14.4. The molecule has 0 atom stereocenters. The van der Waals surface area contributed by atoms with Gasteiger partial charge < -0.3 is 19.3 Å². The fraction of sp³-hybridized carbons (Fsp3) is 0.286. The molecule has 9 heteroatoms. The molecular formula is C21H23BrN2O6. The number of hydrogen-bond acceptors (Lipinski definition) is 6. The molecule has 2 aromatic rings. The summed E-state index contributed by atoms with van der Waals surface area (Å²) in [5, 5.41) is 12.8. The number of carboxylic acids is 1. The van der Waals surface area contributed by atoms with Crippen LogP contribution in [-0.2, 0) is 16.0 Å². The SMILES string of the molecule is CCOc1ccc(CC(=O)N/N=C\c2cc(Br)c(OCC(=O)O)c(OCC)c2)cc1. The minimum absolute atomic E-state index is 0.180. The van der Waals surface area contributed by atoms with Crippen LogP contribution in [0.3, 0.4) is 0 Å². The second-order valence-corrected chi connectivity index (χ2v) is 6.85. The molecule has 2 rings (SSSR count). The molecule has 1 amide bonds. The Morgan fingerprint density at radius 2 is 1.80 bits per heavy atom. The zero-order valence-electron chi connectivity index (χ0n) is 16.7. The van der Waals surface area contributed by atoms with Gasteiger partial charge in [0.15, 0.2) is 18.1 Å². The second kappa shape index (κ2) is 11.8. The second-order valence-electron chi connectivity index (χ2n) is 5.99. The van der Waals surface area contributed by atoms with E-state index < -0.39 is 12.6 Å². The summed E-state index contributed by atoms with van der Waals surface area (Å²) < 4.78 is 16.7. The number of carbonyl (C=O) groups excluding carboxylic acids is 1. The molecule has 0 aliphatic rings. The summed E-state index contributed by atoms with van der Waals surface area (Å²) in [4.78, 5) is 22.8. The number of nitrogens with one attached hydrogen (secondary N) is 1. The number of amides is 1. The smallest absolute Gasteiger partial charge is 0.341 e. The number of rotatable bonds is 11. The van der Waals surface area contributed by atoms with E-state index in [0.29, 0.717) is 29.0 Å². The molecular weight excluding hydrogens is 456 g/mol. The molecule has 0 bridgehead atoms. The van der Waals surface area contributed by atoms with Crippen LogP contribution in [0.2, 0.25) is 0 Å². The van der Waals surface area contributed by atoms with Crippen molar-refractivity contribution in [2.24, 2.45) is 5.10 Å². The summed E-state index contributed by atoms with van der Waals surface area (Å²) in [7, 11) is 0. The molecule has 0 spiro atoms. The summed E-state index contributed by atoms with van der Waals surface area (Å²) in [5.41, 5.74) is 3.95. The summed E-state index contributed by atoms with van der Waals surface area (Å²) in [6.07, 6.45) is 1.64. The minimum atomic E-state index is -1.09. The Morgan fingerprint density at radius 1 is 1.10 bits per heavy atom. The van der Waals surface area contributed by atoms with E-state index in [1.807, 2.05) is 31.2 Å². The molecule has 8 nitrogen and oxygen atoms in total. The van der Waals surface area contributed by atoms with Crippen LogP contribution in [0, 0.1) is 0 Å². The average Bonchev–Trinajstić information content (AvgIpc) is 2.69. The van der Waals surface area contributed by atoms with Gasteiger partial charge >= 0.3 is 5.97 Å². The van der Waals surface area contributed by atoms with E-state index >= 15 is 0 Å². The van der Waals surface area contributed by atoms with Crippen molar-refractivity contribution in [1.29, 1.82) is 0 Å². The Morgan fingerprint density at radius 3 is 2.43 bits per heavy atom. The molecule has 2 aromatic carbocycles. The van der Waals surface area contributed by atoms with Crippen LogP contribution in [0.25, 0.3) is 0 Å². The molecule has 2 N–H and O–H groups in total. The molecule has 0 saturated carbocycles. The van der Waals surface area contributed by atoms with E-state index in [2.05, 4.69) is 26.5 Å². The summed E-state index contributed by atoms with van der Waals surface area (Å²) in [6.45, 7) is 4.17. The van der Waals surface area contributed by atoms with E-state index in [-0.39, 0.29) is 18.1 Å². The molecule has 0 aliphatic heterocycles. The van der Waals surface area contributed by atoms with E-state index in [9.17, 15) is 9.59 Å². The van der Waals surface area contributed by atoms with E-state index in [1.165, 1.54) is 6.21 Å². The topological polar surface area (TPSA) is 106 Å². The number of benzene rings is 2. The van der Waals surface area contributed by atoms with Gasteiger partial charge in [-0.25, -0.2) is 10.2 Å². The number of carboxylic acid groups (broad SMARTS) is 1.